The van der Waals surface area contributed by atoms with Gasteiger partial charge in [0, 0.05) is 4.47 Å². The van der Waals surface area contributed by atoms with Crippen molar-refractivity contribution in [3.05, 3.63) is 67.6 Å². The zero-order valence-corrected chi connectivity index (χ0v) is 14.6. The molecule has 20 heavy (non-hydrogen) atoms. The third-order valence-electron chi connectivity index (χ3n) is 3.59. The van der Waals surface area contributed by atoms with Crippen molar-refractivity contribution >= 4 is 27.5 Å². The van der Waals surface area contributed by atoms with Crippen LogP contribution in [0.3, 0.4) is 0 Å². The van der Waals surface area contributed by atoms with Crippen molar-refractivity contribution in [3.8, 4) is 0 Å². The fourth-order valence-electron chi connectivity index (χ4n) is 2.82. The van der Waals surface area contributed by atoms with E-state index in [0.29, 0.717) is 0 Å². The van der Waals surface area contributed by atoms with Crippen LogP contribution in [0.1, 0.15) is 33.9 Å². The monoisotopic (exact) mass is 351 g/mol. The Bertz CT molecular complexity index is 614. The molecule has 106 valence electrons. The largest absolute Gasteiger partial charge is 0.309 e. The SMILES string of the molecule is CNC(c1ccc(Br)c(Cl)c1)c1c(C)cc(C)cc1C. The predicted molar refractivity (Wildman–Crippen MR) is 90.7 cm³/mol. The Balaban J connectivity index is 2.55. The first-order valence-electron chi connectivity index (χ1n) is 6.64. The summed E-state index contributed by atoms with van der Waals surface area (Å²) in [5, 5.41) is 4.15. The van der Waals surface area contributed by atoms with Crippen LogP contribution >= 0.6 is 27.5 Å². The van der Waals surface area contributed by atoms with Gasteiger partial charge >= 0.3 is 0 Å². The molecule has 3 heteroatoms. The number of hydrogen-bond acceptors (Lipinski definition) is 1. The van der Waals surface area contributed by atoms with Gasteiger partial charge in [-0.15, -0.1) is 0 Å². The summed E-state index contributed by atoms with van der Waals surface area (Å²) in [5.41, 5.74) is 6.42. The van der Waals surface area contributed by atoms with Crippen molar-refractivity contribution in [1.29, 1.82) is 0 Å². The second kappa shape index (κ2) is 6.30. The molecule has 0 aliphatic carbocycles. The quantitative estimate of drug-likeness (QED) is 0.786. The second-order valence-corrected chi connectivity index (χ2v) is 6.47. The lowest BCUT2D eigenvalue weighted by atomic mass is 9.90. The molecule has 0 heterocycles. The van der Waals surface area contributed by atoms with E-state index in [1.807, 2.05) is 19.2 Å². The van der Waals surface area contributed by atoms with Gasteiger partial charge in [-0.25, -0.2) is 0 Å². The smallest absolute Gasteiger partial charge is 0.0580 e. The first-order chi connectivity index (χ1) is 9.43. The molecule has 1 nitrogen and oxygen atoms in total. The van der Waals surface area contributed by atoms with Crippen LogP contribution in [0.15, 0.2) is 34.8 Å². The van der Waals surface area contributed by atoms with Crippen molar-refractivity contribution in [2.24, 2.45) is 0 Å². The van der Waals surface area contributed by atoms with Crippen molar-refractivity contribution in [2.45, 2.75) is 26.8 Å². The lowest BCUT2D eigenvalue weighted by Crippen LogP contribution is -2.20. The van der Waals surface area contributed by atoms with Crippen LogP contribution in [0.2, 0.25) is 5.02 Å². The minimum Gasteiger partial charge on any atom is -0.309 e. The van der Waals surface area contributed by atoms with E-state index in [1.165, 1.54) is 27.8 Å². The second-order valence-electron chi connectivity index (χ2n) is 5.21. The zero-order chi connectivity index (χ0) is 14.9. The molecule has 0 aliphatic rings. The Morgan fingerprint density at radius 3 is 2.15 bits per heavy atom. The van der Waals surface area contributed by atoms with Crippen LogP contribution in [-0.2, 0) is 0 Å². The lowest BCUT2D eigenvalue weighted by molar-refractivity contribution is 0.683. The fourth-order valence-corrected chi connectivity index (χ4v) is 3.25. The van der Waals surface area contributed by atoms with E-state index in [1.54, 1.807) is 0 Å². The summed E-state index contributed by atoms with van der Waals surface area (Å²) in [5.74, 6) is 0. The van der Waals surface area contributed by atoms with Crippen LogP contribution in [0.4, 0.5) is 0 Å². The molecule has 1 atom stereocenters. The number of aryl methyl sites for hydroxylation is 3. The molecule has 0 fully saturated rings. The van der Waals surface area contributed by atoms with E-state index in [9.17, 15) is 0 Å². The highest BCUT2D eigenvalue weighted by molar-refractivity contribution is 9.10. The molecule has 2 aromatic carbocycles. The maximum absolute atomic E-state index is 6.23. The number of nitrogens with one attached hydrogen (secondary N) is 1. The van der Waals surface area contributed by atoms with Crippen molar-refractivity contribution in [3.63, 3.8) is 0 Å². The van der Waals surface area contributed by atoms with Gasteiger partial charge in [-0.2, -0.15) is 0 Å². The van der Waals surface area contributed by atoms with E-state index in [0.717, 1.165) is 9.50 Å². The summed E-state index contributed by atoms with van der Waals surface area (Å²) in [4.78, 5) is 0. The Hall–Kier alpha value is -0.830. The van der Waals surface area contributed by atoms with Crippen molar-refractivity contribution in [2.75, 3.05) is 7.05 Å². The highest BCUT2D eigenvalue weighted by Gasteiger charge is 2.17. The summed E-state index contributed by atoms with van der Waals surface area (Å²) < 4.78 is 0.926. The van der Waals surface area contributed by atoms with Gasteiger partial charge in [0.1, 0.15) is 0 Å². The van der Waals surface area contributed by atoms with Crippen LogP contribution in [0.5, 0.6) is 0 Å². The Morgan fingerprint density at radius 1 is 1.05 bits per heavy atom. The maximum atomic E-state index is 6.23. The predicted octanol–water partition coefficient (Wildman–Crippen LogP) is 5.34. The molecule has 1 N–H and O–H groups in total. The molecular weight excluding hydrogens is 334 g/mol. The molecule has 0 aromatic heterocycles. The Kier molecular flexibility index (Phi) is 4.90. The van der Waals surface area contributed by atoms with Gasteiger partial charge in [-0.3, -0.25) is 0 Å². The maximum Gasteiger partial charge on any atom is 0.0580 e. The average molecular weight is 353 g/mol. The first-order valence-corrected chi connectivity index (χ1v) is 7.81. The van der Waals surface area contributed by atoms with E-state index in [4.69, 9.17) is 11.6 Å². The number of benzene rings is 2. The summed E-state index contributed by atoms with van der Waals surface area (Å²) >= 11 is 9.68. The Morgan fingerprint density at radius 2 is 1.65 bits per heavy atom. The van der Waals surface area contributed by atoms with Gasteiger partial charge in [0.05, 0.1) is 11.1 Å². The van der Waals surface area contributed by atoms with E-state index >= 15 is 0 Å². The summed E-state index contributed by atoms with van der Waals surface area (Å²) in [6.07, 6.45) is 0. The van der Waals surface area contributed by atoms with Gasteiger partial charge in [0.2, 0.25) is 0 Å². The zero-order valence-electron chi connectivity index (χ0n) is 12.2. The Labute approximate surface area is 134 Å². The van der Waals surface area contributed by atoms with Crippen LogP contribution in [0.25, 0.3) is 0 Å². The molecule has 2 rings (SSSR count). The highest BCUT2D eigenvalue weighted by Crippen LogP contribution is 2.32. The third-order valence-corrected chi connectivity index (χ3v) is 4.82. The third kappa shape index (κ3) is 3.08. The van der Waals surface area contributed by atoms with E-state index in [-0.39, 0.29) is 6.04 Å². The highest BCUT2D eigenvalue weighted by atomic mass is 79.9. The van der Waals surface area contributed by atoms with Crippen molar-refractivity contribution < 1.29 is 0 Å². The number of rotatable bonds is 3. The molecule has 2 aromatic rings. The molecule has 0 radical (unpaired) electrons. The van der Waals surface area contributed by atoms with Crippen LogP contribution in [-0.4, -0.2) is 7.05 Å². The van der Waals surface area contributed by atoms with Gasteiger partial charge in [0.25, 0.3) is 0 Å². The van der Waals surface area contributed by atoms with Gasteiger partial charge in [-0.1, -0.05) is 35.4 Å². The molecule has 0 spiro atoms. The molecule has 1 unspecified atom stereocenters. The number of halogens is 2. The van der Waals surface area contributed by atoms with Gasteiger partial charge < -0.3 is 5.32 Å². The summed E-state index contributed by atoms with van der Waals surface area (Å²) in [6, 6.07) is 10.7. The molecule has 0 bridgehead atoms. The minimum atomic E-state index is 0.154. The lowest BCUT2D eigenvalue weighted by Gasteiger charge is -2.22. The van der Waals surface area contributed by atoms with Crippen LogP contribution in [0, 0.1) is 20.8 Å². The molecule has 0 saturated heterocycles. The number of hydrogen-bond donors (Lipinski definition) is 1. The molecule has 0 aliphatic heterocycles. The summed E-state index contributed by atoms with van der Waals surface area (Å²) in [7, 11) is 1.99. The van der Waals surface area contributed by atoms with E-state index < -0.39 is 0 Å². The average Bonchev–Trinajstić information content (AvgIpc) is 2.37. The van der Waals surface area contributed by atoms with Crippen LogP contribution < -0.4 is 5.32 Å². The van der Waals surface area contributed by atoms with E-state index in [2.05, 4.69) is 60.2 Å². The normalized spacial score (nSPS) is 12.5. The minimum absolute atomic E-state index is 0.154. The molecule has 0 amide bonds. The molecular formula is C17H19BrClN. The topological polar surface area (TPSA) is 12.0 Å². The fraction of sp³-hybridized carbons (Fsp3) is 0.294. The van der Waals surface area contributed by atoms with Gasteiger partial charge in [-0.05, 0) is 78.1 Å². The van der Waals surface area contributed by atoms with Crippen molar-refractivity contribution in [1.82, 2.24) is 5.32 Å². The molecule has 0 saturated carbocycles. The summed E-state index contributed by atoms with van der Waals surface area (Å²) in [6.45, 7) is 6.47. The first kappa shape index (κ1) is 15.6. The standard InChI is InChI=1S/C17H19BrClN/c1-10-7-11(2)16(12(3)8-10)17(20-4)13-5-6-14(18)15(19)9-13/h5-9,17,20H,1-4H3. The van der Waals surface area contributed by atoms with Gasteiger partial charge in [0.15, 0.2) is 0 Å².